The summed E-state index contributed by atoms with van der Waals surface area (Å²) in [7, 11) is 0. The molecule has 0 spiro atoms. The van der Waals surface area contributed by atoms with Crippen molar-refractivity contribution in [2.24, 2.45) is 0 Å². The summed E-state index contributed by atoms with van der Waals surface area (Å²) in [6.45, 7) is 0.582. The molecule has 1 aliphatic rings. The first-order valence-electron chi connectivity index (χ1n) is 7.72. The number of amides is 1. The van der Waals surface area contributed by atoms with Gasteiger partial charge in [0, 0.05) is 38.3 Å². The van der Waals surface area contributed by atoms with Gasteiger partial charge in [-0.05, 0) is 24.3 Å². The van der Waals surface area contributed by atoms with Gasteiger partial charge in [0.2, 0.25) is 0 Å². The summed E-state index contributed by atoms with van der Waals surface area (Å²) in [6.07, 6.45) is -9.39. The van der Waals surface area contributed by atoms with Crippen LogP contribution in [-0.4, -0.2) is 62.1 Å². The molecule has 1 atom stereocenters. The molecule has 1 unspecified atom stereocenters. The first kappa shape index (κ1) is 20.3. The van der Waals surface area contributed by atoms with Crippen LogP contribution in [-0.2, 0) is 0 Å². The molecular weight excluding hydrogens is 368 g/mol. The lowest BCUT2D eigenvalue weighted by Crippen LogP contribution is -2.57. The fraction of sp³-hybridized carbons (Fsp3) is 0.533. The maximum atomic E-state index is 13.2. The number of benzene rings is 1. The molecule has 0 saturated carbocycles. The molecule has 1 fully saturated rings. The number of nitrogens with zero attached hydrogens (tertiary/aromatic N) is 1. The zero-order valence-electron chi connectivity index (χ0n) is 13.5. The number of carbonyl (C=O) groups excluding carboxylic acids is 1. The molecule has 0 aromatic heterocycles. The van der Waals surface area contributed by atoms with Crippen LogP contribution >= 0.6 is 0 Å². The number of piperazine rings is 1. The van der Waals surface area contributed by atoms with Crippen LogP contribution in [0, 0.1) is 0 Å². The van der Waals surface area contributed by atoms with E-state index in [2.05, 4.69) is 15.4 Å². The van der Waals surface area contributed by atoms with Gasteiger partial charge in [-0.1, -0.05) is 0 Å². The lowest BCUT2D eigenvalue weighted by Gasteiger charge is -2.35. The number of nitrogens with one attached hydrogen (secondary N) is 2. The average molecular weight is 385 g/mol. The van der Waals surface area contributed by atoms with Crippen molar-refractivity contribution in [1.29, 1.82) is 0 Å². The fourth-order valence-electron chi connectivity index (χ4n) is 2.55. The third kappa shape index (κ3) is 6.06. The summed E-state index contributed by atoms with van der Waals surface area (Å²) < 4.78 is 79.6. The zero-order chi connectivity index (χ0) is 19.4. The molecule has 2 rings (SSSR count). The highest BCUT2D eigenvalue weighted by Crippen LogP contribution is 2.25. The summed E-state index contributed by atoms with van der Waals surface area (Å²) >= 11 is 0. The summed E-state index contributed by atoms with van der Waals surface area (Å²) in [5.41, 5.74) is -0.0687. The van der Waals surface area contributed by atoms with E-state index < -0.39 is 36.8 Å². The van der Waals surface area contributed by atoms with E-state index in [4.69, 9.17) is 0 Å². The van der Waals surface area contributed by atoms with Gasteiger partial charge in [0.1, 0.15) is 11.8 Å². The van der Waals surface area contributed by atoms with Crippen LogP contribution in [0.2, 0.25) is 0 Å². The third-order valence-electron chi connectivity index (χ3n) is 3.78. The van der Waals surface area contributed by atoms with E-state index in [0.29, 0.717) is 13.1 Å². The second-order valence-corrected chi connectivity index (χ2v) is 5.63. The predicted molar refractivity (Wildman–Crippen MR) is 79.7 cm³/mol. The van der Waals surface area contributed by atoms with Gasteiger partial charge in [0.05, 0.1) is 0 Å². The molecular formula is C15H17F6N3O2. The number of hydrogen-bond donors (Lipinski definition) is 2. The van der Waals surface area contributed by atoms with Crippen LogP contribution in [0.1, 0.15) is 10.4 Å². The number of halogens is 6. The molecule has 26 heavy (non-hydrogen) atoms. The molecule has 11 heteroatoms. The van der Waals surface area contributed by atoms with E-state index in [1.807, 2.05) is 0 Å². The van der Waals surface area contributed by atoms with Crippen molar-refractivity contribution >= 4 is 5.91 Å². The Kier molecular flexibility index (Phi) is 6.34. The van der Waals surface area contributed by atoms with Gasteiger partial charge >= 0.3 is 12.5 Å². The molecule has 5 nitrogen and oxygen atoms in total. The van der Waals surface area contributed by atoms with E-state index in [1.165, 1.54) is 4.90 Å². The van der Waals surface area contributed by atoms with Crippen LogP contribution in [0.3, 0.4) is 0 Å². The molecule has 0 radical (unpaired) electrons. The zero-order valence-corrected chi connectivity index (χ0v) is 13.5. The molecule has 146 valence electrons. The normalized spacial score (nSPS) is 17.6. The smallest absolute Gasteiger partial charge is 0.406 e. The minimum Gasteiger partial charge on any atom is -0.406 e. The fourth-order valence-corrected chi connectivity index (χ4v) is 2.55. The van der Waals surface area contributed by atoms with Crippen molar-refractivity contribution in [2.45, 2.75) is 18.6 Å². The first-order valence-corrected chi connectivity index (χ1v) is 7.72. The maximum Gasteiger partial charge on any atom is 0.573 e. The molecule has 1 aromatic rings. The largest absolute Gasteiger partial charge is 0.573 e. The Hall–Kier alpha value is -2.01. The summed E-state index contributed by atoms with van der Waals surface area (Å²) in [5, 5.41) is 5.13. The second kappa shape index (κ2) is 8.12. The predicted octanol–water partition coefficient (Wildman–Crippen LogP) is 2.15. The van der Waals surface area contributed by atoms with Crippen LogP contribution < -0.4 is 15.4 Å². The molecule has 2 N–H and O–H groups in total. The number of carbonyl (C=O) groups is 1. The summed E-state index contributed by atoms with van der Waals surface area (Å²) in [4.78, 5) is 13.2. The average Bonchev–Trinajstić information content (AvgIpc) is 2.54. The van der Waals surface area contributed by atoms with Gasteiger partial charge in [-0.2, -0.15) is 13.2 Å². The number of hydrogen-bond acceptors (Lipinski definition) is 4. The number of alkyl halides is 6. The van der Waals surface area contributed by atoms with E-state index >= 15 is 0 Å². The van der Waals surface area contributed by atoms with Crippen LogP contribution in [0.25, 0.3) is 0 Å². The van der Waals surface area contributed by atoms with E-state index in [-0.39, 0.29) is 18.7 Å². The molecule has 1 amide bonds. The Bertz CT molecular complexity index is 597. The highest BCUT2D eigenvalue weighted by Gasteiger charge is 2.43. The monoisotopic (exact) mass is 385 g/mol. The van der Waals surface area contributed by atoms with E-state index in [9.17, 15) is 31.1 Å². The Morgan fingerprint density at radius 3 is 2.19 bits per heavy atom. The summed E-state index contributed by atoms with van der Waals surface area (Å²) in [6, 6.07) is 2.09. The van der Waals surface area contributed by atoms with Gasteiger partial charge < -0.3 is 15.4 Å². The van der Waals surface area contributed by atoms with Gasteiger partial charge in [-0.25, -0.2) is 0 Å². The second-order valence-electron chi connectivity index (χ2n) is 5.63. The minimum atomic E-state index is -4.87. The number of ether oxygens (including phenoxy) is 1. The van der Waals surface area contributed by atoms with Crippen LogP contribution in [0.4, 0.5) is 26.3 Å². The first-order chi connectivity index (χ1) is 12.1. The molecule has 0 aliphatic carbocycles. The van der Waals surface area contributed by atoms with Crippen molar-refractivity contribution in [1.82, 2.24) is 15.5 Å². The van der Waals surface area contributed by atoms with Crippen molar-refractivity contribution in [3.8, 4) is 5.75 Å². The molecule has 1 saturated heterocycles. The van der Waals surface area contributed by atoms with Crippen molar-refractivity contribution < 1.29 is 35.9 Å². The van der Waals surface area contributed by atoms with Crippen molar-refractivity contribution in [3.63, 3.8) is 0 Å². The van der Waals surface area contributed by atoms with Gasteiger partial charge in [0.15, 0.2) is 0 Å². The van der Waals surface area contributed by atoms with Crippen LogP contribution in [0.5, 0.6) is 5.75 Å². The Balaban J connectivity index is 1.96. The van der Waals surface area contributed by atoms with Gasteiger partial charge in [0.25, 0.3) is 5.91 Å². The van der Waals surface area contributed by atoms with E-state index in [1.54, 1.807) is 0 Å². The molecule has 0 bridgehead atoms. The van der Waals surface area contributed by atoms with Crippen molar-refractivity contribution in [3.05, 3.63) is 29.8 Å². The SMILES string of the molecule is O=C(NCC(N1CCNCC1)C(F)(F)F)c1ccc(OC(F)(F)F)cc1. The molecule has 1 heterocycles. The highest BCUT2D eigenvalue weighted by atomic mass is 19.4. The molecule has 1 aliphatic heterocycles. The Labute approximate surface area is 145 Å². The third-order valence-corrected chi connectivity index (χ3v) is 3.78. The van der Waals surface area contributed by atoms with Gasteiger partial charge in [-0.3, -0.25) is 9.69 Å². The topological polar surface area (TPSA) is 53.6 Å². The van der Waals surface area contributed by atoms with Crippen LogP contribution in [0.15, 0.2) is 24.3 Å². The lowest BCUT2D eigenvalue weighted by molar-refractivity contribution is -0.274. The Morgan fingerprint density at radius 1 is 1.12 bits per heavy atom. The Morgan fingerprint density at radius 2 is 1.69 bits per heavy atom. The van der Waals surface area contributed by atoms with E-state index in [0.717, 1.165) is 24.3 Å². The quantitative estimate of drug-likeness (QED) is 0.763. The van der Waals surface area contributed by atoms with Crippen molar-refractivity contribution in [2.75, 3.05) is 32.7 Å². The lowest BCUT2D eigenvalue weighted by atomic mass is 10.1. The molecule has 1 aromatic carbocycles. The minimum absolute atomic E-state index is 0.0687. The summed E-state index contributed by atoms with van der Waals surface area (Å²) in [5.74, 6) is -1.34. The maximum absolute atomic E-state index is 13.2. The van der Waals surface area contributed by atoms with Gasteiger partial charge in [-0.15, -0.1) is 13.2 Å². The highest BCUT2D eigenvalue weighted by molar-refractivity contribution is 5.94. The standard InChI is InChI=1S/C15H17F6N3O2/c16-14(17,18)12(24-7-5-22-6-8-24)9-23-13(25)10-1-3-11(4-2-10)26-15(19,20)21/h1-4,12,22H,5-9H2,(H,23,25). The number of rotatable bonds is 5.